The van der Waals surface area contributed by atoms with Crippen LogP contribution in [0.3, 0.4) is 0 Å². The van der Waals surface area contributed by atoms with E-state index in [-0.39, 0.29) is 5.75 Å². The molecular weight excluding hydrogens is 274 g/mol. The van der Waals surface area contributed by atoms with Gasteiger partial charge in [-0.1, -0.05) is 17.7 Å². The van der Waals surface area contributed by atoms with E-state index in [1.165, 1.54) is 0 Å². The van der Waals surface area contributed by atoms with Gasteiger partial charge in [0.15, 0.2) is 0 Å². The topological polar surface area (TPSA) is 34.4 Å². The highest BCUT2D eigenvalue weighted by molar-refractivity contribution is 6.31. The number of hydrogen-bond acceptors (Lipinski definition) is 2. The lowest BCUT2D eigenvalue weighted by molar-refractivity contribution is 0.305. The van der Waals surface area contributed by atoms with Crippen LogP contribution in [0.25, 0.3) is 10.9 Å². The van der Waals surface area contributed by atoms with Crippen LogP contribution in [-0.4, -0.2) is 9.67 Å². The Morgan fingerprint density at radius 1 is 1.20 bits per heavy atom. The van der Waals surface area contributed by atoms with Crippen molar-refractivity contribution in [3.05, 3.63) is 59.2 Å². The molecule has 20 heavy (non-hydrogen) atoms. The van der Waals surface area contributed by atoms with Crippen molar-refractivity contribution in [1.29, 1.82) is 0 Å². The predicted octanol–water partition coefficient (Wildman–Crippen LogP) is 4.12. The molecule has 0 saturated carbocycles. The van der Waals surface area contributed by atoms with E-state index in [1.54, 1.807) is 18.2 Å². The quantitative estimate of drug-likeness (QED) is 0.786. The summed E-state index contributed by atoms with van der Waals surface area (Å²) in [7, 11) is 1.99. The van der Waals surface area contributed by atoms with Gasteiger partial charge in [-0.15, -0.1) is 0 Å². The SMILES string of the molecule is Cn1cc(COc2cccc(O)c2)c2cc(Cl)ccc21. The van der Waals surface area contributed by atoms with E-state index in [1.807, 2.05) is 42.1 Å². The molecule has 0 spiro atoms. The van der Waals surface area contributed by atoms with Crippen LogP contribution >= 0.6 is 11.6 Å². The molecule has 3 aromatic rings. The Bertz CT molecular complexity index is 764. The summed E-state index contributed by atoms with van der Waals surface area (Å²) in [4.78, 5) is 0. The van der Waals surface area contributed by atoms with Gasteiger partial charge >= 0.3 is 0 Å². The molecule has 0 unspecified atom stereocenters. The van der Waals surface area contributed by atoms with Crippen molar-refractivity contribution >= 4 is 22.5 Å². The third kappa shape index (κ3) is 2.45. The van der Waals surface area contributed by atoms with E-state index >= 15 is 0 Å². The first-order valence-electron chi connectivity index (χ1n) is 6.29. The van der Waals surface area contributed by atoms with Gasteiger partial charge in [0.1, 0.15) is 18.1 Å². The van der Waals surface area contributed by atoms with Crippen LogP contribution in [0.5, 0.6) is 11.5 Å². The Balaban J connectivity index is 1.89. The maximum Gasteiger partial charge on any atom is 0.123 e. The number of nitrogens with zero attached hydrogens (tertiary/aromatic N) is 1. The fourth-order valence-corrected chi connectivity index (χ4v) is 2.47. The summed E-state index contributed by atoms with van der Waals surface area (Å²) in [5.41, 5.74) is 2.18. The van der Waals surface area contributed by atoms with Crippen LogP contribution in [0.4, 0.5) is 0 Å². The number of halogens is 1. The van der Waals surface area contributed by atoms with E-state index in [0.717, 1.165) is 16.5 Å². The van der Waals surface area contributed by atoms with Crippen LogP contribution in [0.1, 0.15) is 5.56 Å². The fourth-order valence-electron chi connectivity index (χ4n) is 2.30. The number of benzene rings is 2. The molecule has 1 N–H and O–H groups in total. The summed E-state index contributed by atoms with van der Waals surface area (Å²) in [6.45, 7) is 0.432. The number of aromatic nitrogens is 1. The highest BCUT2D eigenvalue weighted by atomic mass is 35.5. The van der Waals surface area contributed by atoms with Crippen LogP contribution < -0.4 is 4.74 Å². The highest BCUT2D eigenvalue weighted by Gasteiger charge is 2.08. The summed E-state index contributed by atoms with van der Waals surface area (Å²) in [6, 6.07) is 12.6. The third-order valence-electron chi connectivity index (χ3n) is 3.25. The molecule has 0 amide bonds. The summed E-state index contributed by atoms with van der Waals surface area (Å²) in [6.07, 6.45) is 2.03. The number of rotatable bonds is 3. The zero-order chi connectivity index (χ0) is 14.1. The van der Waals surface area contributed by atoms with E-state index in [9.17, 15) is 5.11 Å². The molecule has 3 rings (SSSR count). The van der Waals surface area contributed by atoms with E-state index in [4.69, 9.17) is 16.3 Å². The Morgan fingerprint density at radius 3 is 2.85 bits per heavy atom. The fraction of sp³-hybridized carbons (Fsp3) is 0.125. The van der Waals surface area contributed by atoms with Crippen LogP contribution in [0, 0.1) is 0 Å². The Hall–Kier alpha value is -2.13. The first-order chi connectivity index (χ1) is 9.63. The maximum absolute atomic E-state index is 9.42. The van der Waals surface area contributed by atoms with Crippen molar-refractivity contribution in [3.63, 3.8) is 0 Å². The predicted molar refractivity (Wildman–Crippen MR) is 80.4 cm³/mol. The lowest BCUT2D eigenvalue weighted by Gasteiger charge is -2.05. The Morgan fingerprint density at radius 2 is 2.05 bits per heavy atom. The summed E-state index contributed by atoms with van der Waals surface area (Å²) >= 11 is 6.05. The zero-order valence-corrected chi connectivity index (χ0v) is 11.8. The molecule has 0 bridgehead atoms. The largest absolute Gasteiger partial charge is 0.508 e. The standard InChI is InChI=1S/C16H14ClNO2/c1-18-9-11(15-7-12(17)5-6-16(15)18)10-20-14-4-2-3-13(19)8-14/h2-9,19H,10H2,1H3. The zero-order valence-electron chi connectivity index (χ0n) is 11.0. The molecule has 0 radical (unpaired) electrons. The molecule has 2 aromatic carbocycles. The van der Waals surface area contributed by atoms with Gasteiger partial charge in [0.2, 0.25) is 0 Å². The molecule has 0 aliphatic carbocycles. The van der Waals surface area contributed by atoms with Crippen LogP contribution in [0.15, 0.2) is 48.7 Å². The molecule has 0 aliphatic heterocycles. The van der Waals surface area contributed by atoms with E-state index in [2.05, 4.69) is 0 Å². The Kier molecular flexibility index (Phi) is 3.28. The number of phenolic OH excluding ortho intramolecular Hbond substituents is 1. The number of aromatic hydroxyl groups is 1. The molecule has 0 saturated heterocycles. The van der Waals surface area contributed by atoms with Gasteiger partial charge in [-0.3, -0.25) is 0 Å². The second-order valence-electron chi connectivity index (χ2n) is 4.71. The molecule has 0 fully saturated rings. The lowest BCUT2D eigenvalue weighted by Crippen LogP contribution is -1.94. The molecule has 3 nitrogen and oxygen atoms in total. The minimum absolute atomic E-state index is 0.198. The van der Waals surface area contributed by atoms with Gasteiger partial charge in [0.05, 0.1) is 0 Å². The smallest absolute Gasteiger partial charge is 0.123 e. The molecule has 4 heteroatoms. The summed E-state index contributed by atoms with van der Waals surface area (Å²) in [5.74, 6) is 0.840. The van der Waals surface area contributed by atoms with Crippen LogP contribution in [0.2, 0.25) is 5.02 Å². The van der Waals surface area contributed by atoms with Gasteiger partial charge in [-0.25, -0.2) is 0 Å². The highest BCUT2D eigenvalue weighted by Crippen LogP contribution is 2.26. The molecule has 1 aromatic heterocycles. The number of hydrogen-bond donors (Lipinski definition) is 1. The second kappa shape index (κ2) is 5.10. The van der Waals surface area contributed by atoms with Crippen LogP contribution in [-0.2, 0) is 13.7 Å². The summed E-state index contributed by atoms with van der Waals surface area (Å²) in [5, 5.41) is 11.2. The van der Waals surface area contributed by atoms with Gasteiger partial charge < -0.3 is 14.4 Å². The average Bonchev–Trinajstić information content (AvgIpc) is 2.73. The molecule has 1 heterocycles. The summed E-state index contributed by atoms with van der Waals surface area (Å²) < 4.78 is 7.77. The van der Waals surface area contributed by atoms with Crippen molar-refractivity contribution in [2.75, 3.05) is 0 Å². The molecule has 0 aliphatic rings. The average molecular weight is 288 g/mol. The number of ether oxygens (including phenoxy) is 1. The Labute approximate surface area is 122 Å². The molecule has 0 atom stereocenters. The minimum atomic E-state index is 0.198. The molecular formula is C16H14ClNO2. The monoisotopic (exact) mass is 287 g/mol. The number of fused-ring (bicyclic) bond motifs is 1. The van der Waals surface area contributed by atoms with Gasteiger partial charge in [0.25, 0.3) is 0 Å². The van der Waals surface area contributed by atoms with E-state index in [0.29, 0.717) is 17.4 Å². The molecule has 102 valence electrons. The van der Waals surface area contributed by atoms with Crippen molar-refractivity contribution in [3.8, 4) is 11.5 Å². The van der Waals surface area contributed by atoms with Crippen molar-refractivity contribution in [2.24, 2.45) is 7.05 Å². The van der Waals surface area contributed by atoms with Crippen molar-refractivity contribution in [1.82, 2.24) is 4.57 Å². The van der Waals surface area contributed by atoms with E-state index < -0.39 is 0 Å². The van der Waals surface area contributed by atoms with Gasteiger partial charge in [0, 0.05) is 40.8 Å². The minimum Gasteiger partial charge on any atom is -0.508 e. The number of phenols is 1. The normalized spacial score (nSPS) is 10.9. The maximum atomic E-state index is 9.42. The number of aryl methyl sites for hydroxylation is 1. The van der Waals surface area contributed by atoms with Crippen molar-refractivity contribution in [2.45, 2.75) is 6.61 Å². The first-order valence-corrected chi connectivity index (χ1v) is 6.66. The first kappa shape index (κ1) is 12.9. The van der Waals surface area contributed by atoms with Gasteiger partial charge in [-0.05, 0) is 30.3 Å². The second-order valence-corrected chi connectivity index (χ2v) is 5.15. The van der Waals surface area contributed by atoms with Gasteiger partial charge in [-0.2, -0.15) is 0 Å². The lowest BCUT2D eigenvalue weighted by atomic mass is 10.2. The third-order valence-corrected chi connectivity index (χ3v) is 3.48. The van der Waals surface area contributed by atoms with Crippen molar-refractivity contribution < 1.29 is 9.84 Å².